The highest BCUT2D eigenvalue weighted by molar-refractivity contribution is 5.80. The molecular weight excluding hydrogens is 340 g/mol. The van der Waals surface area contributed by atoms with E-state index in [4.69, 9.17) is 9.47 Å². The van der Waals surface area contributed by atoms with Crippen LogP contribution in [0.1, 0.15) is 45.7 Å². The molecule has 27 heavy (non-hydrogen) atoms. The van der Waals surface area contributed by atoms with Crippen molar-refractivity contribution in [1.82, 2.24) is 16.0 Å². The number of hydrogen-bond donors (Lipinski definition) is 3. The van der Waals surface area contributed by atoms with Crippen LogP contribution in [0.25, 0.3) is 0 Å². The summed E-state index contributed by atoms with van der Waals surface area (Å²) in [6.45, 7) is 11.6. The molecule has 1 aromatic carbocycles. The number of hydrogen-bond acceptors (Lipinski definition) is 4. The Labute approximate surface area is 164 Å². The fourth-order valence-electron chi connectivity index (χ4n) is 3.16. The SMILES string of the molecule is CN=C(NCC(C)(C)NC(C)c1ccccc1)NC(C)COC1CCOC1. The largest absolute Gasteiger partial charge is 0.379 e. The zero-order valence-corrected chi connectivity index (χ0v) is 17.4. The first kappa shape index (κ1) is 21.7. The number of nitrogens with zero attached hydrogens (tertiary/aromatic N) is 1. The summed E-state index contributed by atoms with van der Waals surface area (Å²) in [5.41, 5.74) is 1.20. The van der Waals surface area contributed by atoms with E-state index in [1.54, 1.807) is 7.05 Å². The summed E-state index contributed by atoms with van der Waals surface area (Å²) in [4.78, 5) is 4.33. The topological polar surface area (TPSA) is 66.9 Å². The highest BCUT2D eigenvalue weighted by Gasteiger charge is 2.22. The molecule has 3 atom stereocenters. The molecule has 6 nitrogen and oxygen atoms in total. The highest BCUT2D eigenvalue weighted by Crippen LogP contribution is 2.15. The van der Waals surface area contributed by atoms with Crippen LogP contribution in [0, 0.1) is 0 Å². The second-order valence-electron chi connectivity index (χ2n) is 7.95. The van der Waals surface area contributed by atoms with Gasteiger partial charge in [0.15, 0.2) is 5.96 Å². The zero-order valence-electron chi connectivity index (χ0n) is 17.4. The summed E-state index contributed by atoms with van der Waals surface area (Å²) in [6.07, 6.45) is 1.21. The second kappa shape index (κ2) is 10.6. The van der Waals surface area contributed by atoms with Crippen LogP contribution in [-0.2, 0) is 9.47 Å². The van der Waals surface area contributed by atoms with Crippen molar-refractivity contribution in [3.63, 3.8) is 0 Å². The van der Waals surface area contributed by atoms with E-state index in [9.17, 15) is 0 Å². The number of ether oxygens (including phenoxy) is 2. The lowest BCUT2D eigenvalue weighted by molar-refractivity contribution is 0.0347. The number of rotatable bonds is 9. The van der Waals surface area contributed by atoms with E-state index in [1.807, 2.05) is 6.07 Å². The Hall–Kier alpha value is -1.63. The third-order valence-corrected chi connectivity index (χ3v) is 4.68. The lowest BCUT2D eigenvalue weighted by atomic mass is 10.0. The highest BCUT2D eigenvalue weighted by atomic mass is 16.5. The molecule has 1 fully saturated rings. The van der Waals surface area contributed by atoms with Crippen LogP contribution >= 0.6 is 0 Å². The first-order chi connectivity index (χ1) is 12.9. The molecule has 2 rings (SSSR count). The minimum absolute atomic E-state index is 0.0895. The molecule has 0 radical (unpaired) electrons. The first-order valence-corrected chi connectivity index (χ1v) is 9.89. The van der Waals surface area contributed by atoms with E-state index in [0.29, 0.717) is 13.2 Å². The van der Waals surface area contributed by atoms with Crippen molar-refractivity contribution in [2.75, 3.05) is 33.4 Å². The molecule has 3 N–H and O–H groups in total. The molecule has 3 unspecified atom stereocenters. The maximum absolute atomic E-state index is 5.87. The van der Waals surface area contributed by atoms with Crippen LogP contribution in [0.5, 0.6) is 0 Å². The number of benzene rings is 1. The molecule has 0 aliphatic carbocycles. The minimum Gasteiger partial charge on any atom is -0.379 e. The van der Waals surface area contributed by atoms with E-state index < -0.39 is 0 Å². The van der Waals surface area contributed by atoms with Gasteiger partial charge in [-0.1, -0.05) is 30.3 Å². The lowest BCUT2D eigenvalue weighted by Crippen LogP contribution is -2.53. The normalized spacial score (nSPS) is 20.3. The van der Waals surface area contributed by atoms with E-state index >= 15 is 0 Å². The molecule has 1 aliphatic rings. The van der Waals surface area contributed by atoms with Crippen molar-refractivity contribution in [3.8, 4) is 0 Å². The molecule has 6 heteroatoms. The molecule has 1 aromatic rings. The van der Waals surface area contributed by atoms with Gasteiger partial charge in [0.2, 0.25) is 0 Å². The van der Waals surface area contributed by atoms with Gasteiger partial charge in [-0.05, 0) is 39.7 Å². The predicted octanol–water partition coefficient (Wildman–Crippen LogP) is 2.47. The molecule has 0 saturated carbocycles. The molecule has 0 bridgehead atoms. The minimum atomic E-state index is -0.0895. The van der Waals surface area contributed by atoms with Gasteiger partial charge < -0.3 is 25.4 Å². The maximum atomic E-state index is 5.87. The summed E-state index contributed by atoms with van der Waals surface area (Å²) in [5, 5.41) is 10.5. The van der Waals surface area contributed by atoms with E-state index in [1.165, 1.54) is 5.56 Å². The molecule has 0 aromatic heterocycles. The van der Waals surface area contributed by atoms with Gasteiger partial charge in [-0.2, -0.15) is 0 Å². The number of nitrogens with one attached hydrogen (secondary N) is 3. The third kappa shape index (κ3) is 7.87. The lowest BCUT2D eigenvalue weighted by Gasteiger charge is -2.32. The summed E-state index contributed by atoms with van der Waals surface area (Å²) in [5.74, 6) is 0.788. The second-order valence-corrected chi connectivity index (χ2v) is 7.95. The molecule has 0 amide bonds. The first-order valence-electron chi connectivity index (χ1n) is 9.89. The summed E-state index contributed by atoms with van der Waals surface area (Å²) in [7, 11) is 1.79. The van der Waals surface area contributed by atoms with E-state index in [2.05, 4.69) is 72.9 Å². The van der Waals surface area contributed by atoms with Crippen molar-refractivity contribution >= 4 is 5.96 Å². The molecule has 152 valence electrons. The zero-order chi connectivity index (χ0) is 19.7. The van der Waals surface area contributed by atoms with Crippen LogP contribution in [0.15, 0.2) is 35.3 Å². The van der Waals surface area contributed by atoms with Crippen molar-refractivity contribution in [2.45, 2.75) is 57.8 Å². The van der Waals surface area contributed by atoms with Gasteiger partial charge in [0.05, 0.1) is 19.3 Å². The summed E-state index contributed by atoms with van der Waals surface area (Å²) in [6, 6.07) is 11.0. The smallest absolute Gasteiger partial charge is 0.191 e. The van der Waals surface area contributed by atoms with Crippen LogP contribution in [0.4, 0.5) is 0 Å². The third-order valence-electron chi connectivity index (χ3n) is 4.68. The Bertz CT molecular complexity index is 571. The molecular formula is C21H36N4O2. The van der Waals surface area contributed by atoms with Crippen LogP contribution < -0.4 is 16.0 Å². The van der Waals surface area contributed by atoms with Crippen LogP contribution in [-0.4, -0.2) is 57.1 Å². The van der Waals surface area contributed by atoms with Gasteiger partial charge in [-0.3, -0.25) is 4.99 Å². The van der Waals surface area contributed by atoms with Gasteiger partial charge in [-0.15, -0.1) is 0 Å². The standard InChI is InChI=1S/C21H36N4O2/c1-16(13-27-19-11-12-26-14-19)24-20(22-5)23-15-21(3,4)25-17(2)18-9-7-6-8-10-18/h6-10,16-17,19,25H,11-15H2,1-5H3,(H2,22,23,24). The Morgan fingerprint density at radius 3 is 2.67 bits per heavy atom. The fourth-order valence-corrected chi connectivity index (χ4v) is 3.16. The van der Waals surface area contributed by atoms with Crippen molar-refractivity contribution in [3.05, 3.63) is 35.9 Å². The van der Waals surface area contributed by atoms with E-state index in [-0.39, 0.29) is 23.7 Å². The van der Waals surface area contributed by atoms with Crippen molar-refractivity contribution < 1.29 is 9.47 Å². The average Bonchev–Trinajstić information content (AvgIpc) is 3.17. The maximum Gasteiger partial charge on any atom is 0.191 e. The van der Waals surface area contributed by atoms with Crippen molar-refractivity contribution in [1.29, 1.82) is 0 Å². The molecule has 1 heterocycles. The van der Waals surface area contributed by atoms with Gasteiger partial charge in [0.25, 0.3) is 0 Å². The van der Waals surface area contributed by atoms with E-state index in [0.717, 1.165) is 25.5 Å². The monoisotopic (exact) mass is 376 g/mol. The Morgan fingerprint density at radius 1 is 1.30 bits per heavy atom. The van der Waals surface area contributed by atoms with Gasteiger partial charge in [-0.25, -0.2) is 0 Å². The van der Waals surface area contributed by atoms with Crippen LogP contribution in [0.2, 0.25) is 0 Å². The summed E-state index contributed by atoms with van der Waals surface area (Å²) < 4.78 is 11.2. The predicted molar refractivity (Wildman–Crippen MR) is 111 cm³/mol. The quantitative estimate of drug-likeness (QED) is 0.456. The number of aliphatic imine (C=N–C) groups is 1. The Balaban J connectivity index is 1.74. The van der Waals surface area contributed by atoms with Crippen molar-refractivity contribution in [2.24, 2.45) is 4.99 Å². The average molecular weight is 377 g/mol. The fraction of sp³-hybridized carbons (Fsp3) is 0.667. The van der Waals surface area contributed by atoms with Crippen LogP contribution in [0.3, 0.4) is 0 Å². The van der Waals surface area contributed by atoms with Gasteiger partial charge in [0, 0.05) is 37.8 Å². The molecule has 0 spiro atoms. The Kier molecular flexibility index (Phi) is 8.54. The van der Waals surface area contributed by atoms with Gasteiger partial charge >= 0.3 is 0 Å². The summed E-state index contributed by atoms with van der Waals surface area (Å²) >= 11 is 0. The molecule has 1 aliphatic heterocycles. The number of guanidine groups is 1. The Morgan fingerprint density at radius 2 is 2.04 bits per heavy atom. The molecule has 1 saturated heterocycles. The van der Waals surface area contributed by atoms with Gasteiger partial charge in [0.1, 0.15) is 0 Å².